The van der Waals surface area contributed by atoms with Crippen molar-refractivity contribution in [2.24, 2.45) is 5.92 Å². The molecule has 1 unspecified atom stereocenters. The van der Waals surface area contributed by atoms with Crippen molar-refractivity contribution in [3.05, 3.63) is 5.82 Å². The minimum atomic E-state index is -2.83. The monoisotopic (exact) mass is 273 g/mol. The number of rotatable bonds is 5. The zero-order chi connectivity index (χ0) is 13.2. The van der Waals surface area contributed by atoms with E-state index in [0.717, 1.165) is 5.82 Å². The maximum atomic E-state index is 11.4. The van der Waals surface area contributed by atoms with Crippen molar-refractivity contribution in [1.29, 1.82) is 0 Å². The summed E-state index contributed by atoms with van der Waals surface area (Å²) in [5.41, 5.74) is 0. The lowest BCUT2D eigenvalue weighted by Gasteiger charge is -2.11. The number of hydrogen-bond acceptors (Lipinski definition) is 6. The largest absolute Gasteiger partial charge is 0.308 e. The van der Waals surface area contributed by atoms with E-state index in [1.54, 1.807) is 4.68 Å². The smallest absolute Gasteiger partial charge is 0.165 e. The van der Waals surface area contributed by atoms with E-state index in [4.69, 9.17) is 0 Å². The highest BCUT2D eigenvalue weighted by Crippen LogP contribution is 2.20. The molecule has 7 nitrogen and oxygen atoms in total. The van der Waals surface area contributed by atoms with E-state index in [9.17, 15) is 8.42 Å². The topological polar surface area (TPSA) is 89.8 Å². The van der Waals surface area contributed by atoms with Gasteiger partial charge in [0.05, 0.1) is 18.1 Å². The lowest BCUT2D eigenvalue weighted by atomic mass is 10.1. The van der Waals surface area contributed by atoms with Crippen molar-refractivity contribution in [2.45, 2.75) is 39.4 Å². The number of hydrogen-bond donors (Lipinski definition) is 1. The van der Waals surface area contributed by atoms with E-state index in [1.165, 1.54) is 0 Å². The van der Waals surface area contributed by atoms with Gasteiger partial charge in [0.2, 0.25) is 0 Å². The first-order valence-corrected chi connectivity index (χ1v) is 7.97. The van der Waals surface area contributed by atoms with E-state index in [0.29, 0.717) is 31.3 Å². The van der Waals surface area contributed by atoms with Gasteiger partial charge in [0.25, 0.3) is 0 Å². The molecule has 0 bridgehead atoms. The van der Waals surface area contributed by atoms with Crippen LogP contribution in [0.5, 0.6) is 0 Å². The molecule has 1 fully saturated rings. The highest BCUT2D eigenvalue weighted by Gasteiger charge is 2.28. The van der Waals surface area contributed by atoms with Crippen molar-refractivity contribution < 1.29 is 8.42 Å². The van der Waals surface area contributed by atoms with Gasteiger partial charge < -0.3 is 5.32 Å². The van der Waals surface area contributed by atoms with E-state index in [1.807, 2.05) is 0 Å². The van der Waals surface area contributed by atoms with Crippen LogP contribution in [-0.2, 0) is 22.9 Å². The molecular formula is C10H19N5O2S. The first-order valence-electron chi connectivity index (χ1n) is 6.15. The number of nitrogens with zero attached hydrogens (tertiary/aromatic N) is 4. The van der Waals surface area contributed by atoms with Crippen LogP contribution in [0.1, 0.15) is 26.1 Å². The molecule has 1 atom stereocenters. The highest BCUT2D eigenvalue weighted by atomic mass is 32.2. The Labute approximate surface area is 107 Å². The predicted molar refractivity (Wildman–Crippen MR) is 66.6 cm³/mol. The number of sulfone groups is 1. The van der Waals surface area contributed by atoms with Crippen LogP contribution in [0.15, 0.2) is 0 Å². The van der Waals surface area contributed by atoms with Crippen LogP contribution in [-0.4, -0.2) is 46.2 Å². The summed E-state index contributed by atoms with van der Waals surface area (Å²) < 4.78 is 24.5. The third-order valence-corrected chi connectivity index (χ3v) is 4.87. The van der Waals surface area contributed by atoms with Crippen LogP contribution in [0.25, 0.3) is 0 Å². The SMILES string of the molecule is CC(C)NCc1nnnn1CC1CCS(=O)(=O)C1. The summed E-state index contributed by atoms with van der Waals surface area (Å²) in [5.74, 6) is 1.44. The second-order valence-electron chi connectivity index (χ2n) is 5.08. The average Bonchev–Trinajstić information content (AvgIpc) is 2.83. The molecule has 0 saturated carbocycles. The fourth-order valence-corrected chi connectivity index (χ4v) is 3.90. The zero-order valence-electron chi connectivity index (χ0n) is 10.7. The van der Waals surface area contributed by atoms with Crippen molar-refractivity contribution in [2.75, 3.05) is 11.5 Å². The number of nitrogens with one attached hydrogen (secondary N) is 1. The van der Waals surface area contributed by atoms with Crippen LogP contribution in [0.2, 0.25) is 0 Å². The Kier molecular flexibility index (Phi) is 3.96. The predicted octanol–water partition coefficient (Wildman–Crippen LogP) is -0.394. The van der Waals surface area contributed by atoms with Crippen molar-refractivity contribution in [3.63, 3.8) is 0 Å². The standard InChI is InChI=1S/C10H19N5O2S/c1-8(2)11-5-10-12-13-14-15(10)6-9-3-4-18(16,17)7-9/h8-9,11H,3-7H2,1-2H3. The Morgan fingerprint density at radius 1 is 1.50 bits per heavy atom. The Morgan fingerprint density at radius 2 is 2.28 bits per heavy atom. The van der Waals surface area contributed by atoms with Gasteiger partial charge in [-0.3, -0.25) is 0 Å². The number of tetrazole rings is 1. The van der Waals surface area contributed by atoms with Gasteiger partial charge in [-0.25, -0.2) is 13.1 Å². The summed E-state index contributed by atoms with van der Waals surface area (Å²) in [5, 5.41) is 14.8. The molecule has 0 amide bonds. The first kappa shape index (κ1) is 13.4. The van der Waals surface area contributed by atoms with Crippen molar-refractivity contribution >= 4 is 9.84 Å². The summed E-state index contributed by atoms with van der Waals surface area (Å²) >= 11 is 0. The van der Waals surface area contributed by atoms with Gasteiger partial charge >= 0.3 is 0 Å². The third kappa shape index (κ3) is 3.49. The van der Waals surface area contributed by atoms with E-state index < -0.39 is 9.84 Å². The fourth-order valence-electron chi connectivity index (χ4n) is 2.05. The molecule has 1 saturated heterocycles. The summed E-state index contributed by atoms with van der Waals surface area (Å²) in [7, 11) is -2.83. The van der Waals surface area contributed by atoms with Crippen LogP contribution < -0.4 is 5.32 Å². The fraction of sp³-hybridized carbons (Fsp3) is 0.900. The normalized spacial score (nSPS) is 22.7. The van der Waals surface area contributed by atoms with Crippen molar-refractivity contribution in [3.8, 4) is 0 Å². The molecule has 102 valence electrons. The first-order chi connectivity index (χ1) is 8.46. The van der Waals surface area contributed by atoms with Crippen LogP contribution >= 0.6 is 0 Å². The molecule has 18 heavy (non-hydrogen) atoms. The van der Waals surface area contributed by atoms with Gasteiger partial charge in [-0.1, -0.05) is 13.8 Å². The molecule has 8 heteroatoms. The van der Waals surface area contributed by atoms with Gasteiger partial charge in [0.1, 0.15) is 0 Å². The molecule has 0 aliphatic carbocycles. The summed E-state index contributed by atoms with van der Waals surface area (Å²) in [6.07, 6.45) is 0.708. The average molecular weight is 273 g/mol. The van der Waals surface area contributed by atoms with Gasteiger partial charge in [0, 0.05) is 12.6 Å². The Balaban J connectivity index is 1.96. The molecule has 1 aromatic rings. The van der Waals surface area contributed by atoms with Crippen LogP contribution in [0.4, 0.5) is 0 Å². The molecule has 1 N–H and O–H groups in total. The summed E-state index contributed by atoms with van der Waals surface area (Å²) in [6, 6.07) is 0.363. The summed E-state index contributed by atoms with van der Waals surface area (Å²) in [4.78, 5) is 0. The van der Waals surface area contributed by atoms with Gasteiger partial charge in [-0.2, -0.15) is 0 Å². The lowest BCUT2D eigenvalue weighted by molar-refractivity contribution is 0.427. The summed E-state index contributed by atoms with van der Waals surface area (Å²) in [6.45, 7) is 5.29. The molecule has 0 spiro atoms. The minimum absolute atomic E-state index is 0.135. The number of aromatic nitrogens is 4. The van der Waals surface area contributed by atoms with Gasteiger partial charge in [-0.05, 0) is 22.8 Å². The maximum Gasteiger partial charge on any atom is 0.165 e. The minimum Gasteiger partial charge on any atom is -0.308 e. The van der Waals surface area contributed by atoms with Crippen molar-refractivity contribution in [1.82, 2.24) is 25.5 Å². The quantitative estimate of drug-likeness (QED) is 0.785. The molecule has 2 heterocycles. The second-order valence-corrected chi connectivity index (χ2v) is 7.31. The molecule has 1 aromatic heterocycles. The van der Waals surface area contributed by atoms with E-state index >= 15 is 0 Å². The van der Waals surface area contributed by atoms with Gasteiger partial charge in [0.15, 0.2) is 15.7 Å². The molecule has 0 aromatic carbocycles. The zero-order valence-corrected chi connectivity index (χ0v) is 11.5. The molecule has 1 aliphatic heterocycles. The third-order valence-electron chi connectivity index (χ3n) is 3.03. The highest BCUT2D eigenvalue weighted by molar-refractivity contribution is 7.91. The Morgan fingerprint density at radius 3 is 2.89 bits per heavy atom. The van der Waals surface area contributed by atoms with E-state index in [-0.39, 0.29) is 11.7 Å². The Bertz CT molecular complexity index is 496. The maximum absolute atomic E-state index is 11.4. The molecule has 2 rings (SSSR count). The second kappa shape index (κ2) is 5.31. The molecule has 0 radical (unpaired) electrons. The van der Waals surface area contributed by atoms with Crippen LogP contribution in [0.3, 0.4) is 0 Å². The lowest BCUT2D eigenvalue weighted by Crippen LogP contribution is -2.25. The van der Waals surface area contributed by atoms with Gasteiger partial charge in [-0.15, -0.1) is 5.10 Å². The molecular weight excluding hydrogens is 254 g/mol. The Hall–Kier alpha value is -1.02. The van der Waals surface area contributed by atoms with E-state index in [2.05, 4.69) is 34.7 Å². The van der Waals surface area contributed by atoms with Crippen LogP contribution in [0, 0.1) is 5.92 Å². The molecule has 1 aliphatic rings.